The van der Waals surface area contributed by atoms with Crippen LogP contribution in [0.1, 0.15) is 30.9 Å². The van der Waals surface area contributed by atoms with Gasteiger partial charge >= 0.3 is 5.97 Å². The van der Waals surface area contributed by atoms with Crippen LogP contribution in [0.2, 0.25) is 0 Å². The number of hydrogen-bond donors (Lipinski definition) is 4. The Morgan fingerprint density at radius 1 is 0.868 bits per heavy atom. The average molecular weight is 527 g/mol. The number of amides is 4. The second kappa shape index (κ2) is 13.8. The second-order valence-corrected chi connectivity index (χ2v) is 9.07. The van der Waals surface area contributed by atoms with E-state index in [0.29, 0.717) is 5.56 Å². The van der Waals surface area contributed by atoms with Gasteiger partial charge in [-0.25, -0.2) is 0 Å². The van der Waals surface area contributed by atoms with Gasteiger partial charge in [-0.15, -0.1) is 0 Å². The number of phenolic OH excluding ortho intramolecular Hbond substituents is 1. The smallest absolute Gasteiger partial charge is 0.303 e. The number of carboxylic acid groups (broad SMARTS) is 1. The van der Waals surface area contributed by atoms with E-state index in [-0.39, 0.29) is 25.0 Å². The predicted octanol–water partition coefficient (Wildman–Crippen LogP) is 0.686. The van der Waals surface area contributed by atoms with Crippen molar-refractivity contribution in [1.82, 2.24) is 15.1 Å². The first kappa shape index (κ1) is 29.8. The Morgan fingerprint density at radius 3 is 1.95 bits per heavy atom. The Labute approximate surface area is 221 Å². The lowest BCUT2D eigenvalue weighted by Crippen LogP contribution is -2.57. The van der Waals surface area contributed by atoms with Crippen LogP contribution in [-0.4, -0.2) is 81.8 Å². The van der Waals surface area contributed by atoms with Crippen molar-refractivity contribution < 1.29 is 34.2 Å². The third-order valence-corrected chi connectivity index (χ3v) is 6.31. The molecule has 0 saturated heterocycles. The molecule has 5 N–H and O–H groups in total. The van der Waals surface area contributed by atoms with E-state index in [1.54, 1.807) is 36.4 Å². The maximum atomic E-state index is 13.5. The fraction of sp³-hybridized carbons (Fsp3) is 0.370. The summed E-state index contributed by atoms with van der Waals surface area (Å²) in [7, 11) is 2.81. The fourth-order valence-electron chi connectivity index (χ4n) is 3.94. The third-order valence-electron chi connectivity index (χ3n) is 6.31. The Bertz CT molecular complexity index is 1140. The molecule has 0 radical (unpaired) electrons. The topological polar surface area (TPSA) is 170 Å². The van der Waals surface area contributed by atoms with Gasteiger partial charge in [0.15, 0.2) is 0 Å². The van der Waals surface area contributed by atoms with Gasteiger partial charge in [-0.05, 0) is 29.7 Å². The van der Waals surface area contributed by atoms with E-state index in [9.17, 15) is 34.2 Å². The van der Waals surface area contributed by atoms with Gasteiger partial charge in [0.25, 0.3) is 0 Å². The van der Waals surface area contributed by atoms with E-state index in [1.807, 2.05) is 6.07 Å². The predicted molar refractivity (Wildman–Crippen MR) is 139 cm³/mol. The Balaban J connectivity index is 2.30. The molecule has 0 aliphatic heterocycles. The number of aromatic hydroxyl groups is 1. The first-order valence-electron chi connectivity index (χ1n) is 12.0. The number of primary amides is 1. The molecule has 38 heavy (non-hydrogen) atoms. The van der Waals surface area contributed by atoms with Crippen LogP contribution in [0.15, 0.2) is 54.6 Å². The summed E-state index contributed by atoms with van der Waals surface area (Å²) in [6.07, 6.45) is -0.448. The maximum absolute atomic E-state index is 13.5. The molecule has 11 nitrogen and oxygen atoms in total. The maximum Gasteiger partial charge on any atom is 0.303 e. The van der Waals surface area contributed by atoms with E-state index < -0.39 is 54.1 Å². The molecule has 2 aromatic rings. The van der Waals surface area contributed by atoms with Gasteiger partial charge in [0, 0.05) is 40.3 Å². The van der Waals surface area contributed by atoms with Crippen LogP contribution >= 0.6 is 0 Å². The molecule has 3 atom stereocenters. The number of likely N-dealkylation sites (N-methyl/N-ethyl adjacent to an activating group) is 2. The number of hydrogen-bond acceptors (Lipinski definition) is 6. The number of nitrogens with zero attached hydrogens (tertiary/aromatic N) is 2. The standard InChI is InChI=1S/C27H34N4O7/c1-17(32)30(2)23(16-19-9-11-20(33)12-10-19)26(37)29-21(13-14-24(34)35)27(38)31(3)22(25(28)36)15-18-7-5-4-6-8-18/h4-12,21-23,33H,13-16H2,1-3H3,(H2,28,36)(H,29,37)(H,34,35)/t21-,22-,23-/m0/s1. The van der Waals surface area contributed by atoms with Gasteiger partial charge in [-0.1, -0.05) is 42.5 Å². The Morgan fingerprint density at radius 2 is 1.42 bits per heavy atom. The van der Waals surface area contributed by atoms with Crippen molar-refractivity contribution in [3.8, 4) is 5.75 Å². The van der Waals surface area contributed by atoms with Crippen molar-refractivity contribution in [3.63, 3.8) is 0 Å². The summed E-state index contributed by atoms with van der Waals surface area (Å²) in [6.45, 7) is 1.29. The van der Waals surface area contributed by atoms with Crippen LogP contribution in [0.3, 0.4) is 0 Å². The lowest BCUT2D eigenvalue weighted by molar-refractivity contribution is -0.144. The lowest BCUT2D eigenvalue weighted by Gasteiger charge is -2.32. The summed E-state index contributed by atoms with van der Waals surface area (Å²) in [5, 5.41) is 21.3. The van der Waals surface area contributed by atoms with Crippen molar-refractivity contribution >= 4 is 29.6 Å². The number of rotatable bonds is 13. The molecule has 2 rings (SSSR count). The average Bonchev–Trinajstić information content (AvgIpc) is 2.88. The summed E-state index contributed by atoms with van der Waals surface area (Å²) in [4.78, 5) is 64.8. The van der Waals surface area contributed by atoms with Crippen molar-refractivity contribution in [2.75, 3.05) is 14.1 Å². The molecule has 2 aromatic carbocycles. The molecule has 0 bridgehead atoms. The molecule has 0 aliphatic rings. The number of phenols is 1. The molecule has 0 aromatic heterocycles. The molecule has 4 amide bonds. The molecule has 204 valence electrons. The molecule has 11 heteroatoms. The zero-order valence-corrected chi connectivity index (χ0v) is 21.7. The summed E-state index contributed by atoms with van der Waals surface area (Å²) in [6, 6.07) is 11.7. The molecule has 0 saturated carbocycles. The Kier molecular flexibility index (Phi) is 10.8. The number of aliphatic carboxylic acids is 1. The number of carbonyl (C=O) groups is 5. The molecule has 0 spiro atoms. The molecular formula is C27H34N4O7. The van der Waals surface area contributed by atoms with Gasteiger partial charge in [0.05, 0.1) is 0 Å². The van der Waals surface area contributed by atoms with Crippen molar-refractivity contribution in [3.05, 3.63) is 65.7 Å². The second-order valence-electron chi connectivity index (χ2n) is 9.07. The summed E-state index contributed by atoms with van der Waals surface area (Å²) < 4.78 is 0. The van der Waals surface area contributed by atoms with E-state index in [2.05, 4.69) is 5.32 Å². The molecule has 0 fully saturated rings. The zero-order chi connectivity index (χ0) is 28.4. The Hall–Kier alpha value is -4.41. The molecule has 0 heterocycles. The number of nitrogens with two attached hydrogens (primary N) is 1. The van der Waals surface area contributed by atoms with Crippen LogP contribution in [0.25, 0.3) is 0 Å². The number of nitrogens with one attached hydrogen (secondary N) is 1. The summed E-state index contributed by atoms with van der Waals surface area (Å²) >= 11 is 0. The first-order chi connectivity index (χ1) is 17.9. The molecular weight excluding hydrogens is 492 g/mol. The fourth-order valence-corrected chi connectivity index (χ4v) is 3.94. The van der Waals surface area contributed by atoms with Gasteiger partial charge < -0.3 is 31.1 Å². The highest BCUT2D eigenvalue weighted by molar-refractivity contribution is 5.94. The molecule has 0 unspecified atom stereocenters. The van der Waals surface area contributed by atoms with Gasteiger partial charge in [0.1, 0.15) is 23.9 Å². The largest absolute Gasteiger partial charge is 0.508 e. The number of carboxylic acids is 1. The van der Waals surface area contributed by atoms with Crippen LogP contribution in [-0.2, 0) is 36.8 Å². The zero-order valence-electron chi connectivity index (χ0n) is 21.7. The highest BCUT2D eigenvalue weighted by Gasteiger charge is 2.34. The number of carbonyl (C=O) groups excluding carboxylic acids is 4. The third kappa shape index (κ3) is 8.61. The van der Waals surface area contributed by atoms with E-state index in [4.69, 9.17) is 5.73 Å². The minimum Gasteiger partial charge on any atom is -0.508 e. The minimum atomic E-state index is -1.29. The van der Waals surface area contributed by atoms with Crippen LogP contribution < -0.4 is 11.1 Å². The first-order valence-corrected chi connectivity index (χ1v) is 12.0. The minimum absolute atomic E-state index is 0.0385. The monoisotopic (exact) mass is 526 g/mol. The van der Waals surface area contributed by atoms with Gasteiger partial charge in [-0.2, -0.15) is 0 Å². The van der Waals surface area contributed by atoms with E-state index >= 15 is 0 Å². The van der Waals surface area contributed by atoms with Gasteiger partial charge in [0.2, 0.25) is 23.6 Å². The SMILES string of the molecule is CC(=O)N(C)[C@@H](Cc1ccc(O)cc1)C(=O)N[C@@H](CCC(=O)O)C(=O)N(C)[C@@H](Cc1ccccc1)C(N)=O. The van der Waals surface area contributed by atoms with Crippen molar-refractivity contribution in [2.45, 2.75) is 50.7 Å². The summed E-state index contributed by atoms with van der Waals surface area (Å²) in [5.74, 6) is -3.64. The quantitative estimate of drug-likeness (QED) is 0.297. The van der Waals surface area contributed by atoms with Crippen molar-refractivity contribution in [2.24, 2.45) is 5.73 Å². The lowest BCUT2D eigenvalue weighted by atomic mass is 10.0. The summed E-state index contributed by atoms with van der Waals surface area (Å²) in [5.41, 5.74) is 7.00. The van der Waals surface area contributed by atoms with Crippen LogP contribution in [0.5, 0.6) is 5.75 Å². The highest BCUT2D eigenvalue weighted by Crippen LogP contribution is 2.15. The molecule has 0 aliphatic carbocycles. The van der Waals surface area contributed by atoms with E-state index in [0.717, 1.165) is 10.5 Å². The van der Waals surface area contributed by atoms with Crippen LogP contribution in [0, 0.1) is 0 Å². The van der Waals surface area contributed by atoms with Gasteiger partial charge in [-0.3, -0.25) is 24.0 Å². The van der Waals surface area contributed by atoms with Crippen molar-refractivity contribution in [1.29, 1.82) is 0 Å². The number of benzene rings is 2. The normalized spacial score (nSPS) is 13.0. The van der Waals surface area contributed by atoms with Crippen LogP contribution in [0.4, 0.5) is 0 Å². The highest BCUT2D eigenvalue weighted by atomic mass is 16.4. The van der Waals surface area contributed by atoms with E-state index in [1.165, 1.54) is 38.1 Å².